The summed E-state index contributed by atoms with van der Waals surface area (Å²) < 4.78 is 46.5. The molecule has 88 valence electrons. The van der Waals surface area contributed by atoms with Crippen LogP contribution < -0.4 is 9.47 Å². The molecule has 1 rings (SSSR count). The molecular formula is C10H9F3O3. The van der Waals surface area contributed by atoms with Crippen LogP contribution in [0, 0.1) is 0 Å². The highest BCUT2D eigenvalue weighted by molar-refractivity contribution is 5.69. The minimum Gasteiger partial charge on any atom is -0.497 e. The van der Waals surface area contributed by atoms with Crippen molar-refractivity contribution in [3.05, 3.63) is 23.8 Å². The number of rotatable bonds is 2. The van der Waals surface area contributed by atoms with E-state index >= 15 is 0 Å². The summed E-state index contributed by atoms with van der Waals surface area (Å²) in [7, 11) is 1.23. The zero-order valence-electron chi connectivity index (χ0n) is 8.59. The summed E-state index contributed by atoms with van der Waals surface area (Å²) in [6.07, 6.45) is -4.51. The molecule has 0 aromatic heterocycles. The molecule has 0 aliphatic carbocycles. The number of benzene rings is 1. The Labute approximate surface area is 89.8 Å². The van der Waals surface area contributed by atoms with E-state index in [1.54, 1.807) is 0 Å². The fraction of sp³-hybridized carbons (Fsp3) is 0.300. The van der Waals surface area contributed by atoms with Gasteiger partial charge in [-0.2, -0.15) is 13.2 Å². The maximum atomic E-state index is 12.4. The number of carbonyl (C=O) groups excluding carboxylic acids is 1. The normalized spacial score (nSPS) is 11.1. The van der Waals surface area contributed by atoms with Gasteiger partial charge in [-0.15, -0.1) is 0 Å². The number of methoxy groups -OCH3 is 1. The van der Waals surface area contributed by atoms with Crippen molar-refractivity contribution in [3.63, 3.8) is 0 Å². The molecule has 0 radical (unpaired) electrons. The standard InChI is InChI=1S/C10H9F3O3/c1-6(14)16-9-4-7(10(11,12)13)3-8(5-9)15-2/h3-5H,1-2H3. The Bertz CT molecular complexity index is 399. The van der Waals surface area contributed by atoms with E-state index < -0.39 is 17.7 Å². The van der Waals surface area contributed by atoms with Gasteiger partial charge in [0.15, 0.2) is 0 Å². The molecule has 0 fully saturated rings. The Morgan fingerprint density at radius 2 is 1.75 bits per heavy atom. The van der Waals surface area contributed by atoms with Crippen molar-refractivity contribution in [1.82, 2.24) is 0 Å². The summed E-state index contributed by atoms with van der Waals surface area (Å²) in [6, 6.07) is 2.77. The monoisotopic (exact) mass is 234 g/mol. The fourth-order valence-corrected chi connectivity index (χ4v) is 1.08. The third-order valence-corrected chi connectivity index (χ3v) is 1.70. The van der Waals surface area contributed by atoms with Gasteiger partial charge in [-0.1, -0.05) is 0 Å². The topological polar surface area (TPSA) is 35.5 Å². The van der Waals surface area contributed by atoms with E-state index in [0.717, 1.165) is 19.1 Å². The van der Waals surface area contributed by atoms with Gasteiger partial charge in [0, 0.05) is 13.0 Å². The lowest BCUT2D eigenvalue weighted by Crippen LogP contribution is -2.07. The molecule has 0 amide bonds. The molecule has 0 aliphatic heterocycles. The minimum atomic E-state index is -4.51. The van der Waals surface area contributed by atoms with Crippen molar-refractivity contribution in [1.29, 1.82) is 0 Å². The Balaban J connectivity index is 3.16. The van der Waals surface area contributed by atoms with Crippen molar-refractivity contribution in [2.75, 3.05) is 7.11 Å². The van der Waals surface area contributed by atoms with Gasteiger partial charge >= 0.3 is 12.1 Å². The Hall–Kier alpha value is -1.72. The molecule has 0 aliphatic rings. The lowest BCUT2D eigenvalue weighted by Gasteiger charge is -2.11. The van der Waals surface area contributed by atoms with Crippen LogP contribution in [0.4, 0.5) is 13.2 Å². The lowest BCUT2D eigenvalue weighted by molar-refractivity contribution is -0.138. The first-order valence-electron chi connectivity index (χ1n) is 4.27. The van der Waals surface area contributed by atoms with E-state index in [2.05, 4.69) is 9.47 Å². The first-order valence-corrected chi connectivity index (χ1v) is 4.27. The van der Waals surface area contributed by atoms with Crippen LogP contribution in [0.3, 0.4) is 0 Å². The number of alkyl halides is 3. The molecule has 0 saturated carbocycles. The van der Waals surface area contributed by atoms with Gasteiger partial charge in [0.05, 0.1) is 12.7 Å². The van der Waals surface area contributed by atoms with E-state index in [9.17, 15) is 18.0 Å². The Morgan fingerprint density at radius 1 is 1.19 bits per heavy atom. The molecule has 0 unspecified atom stereocenters. The molecule has 0 atom stereocenters. The number of ether oxygens (including phenoxy) is 2. The number of hydrogen-bond donors (Lipinski definition) is 0. The highest BCUT2D eigenvalue weighted by Gasteiger charge is 2.31. The van der Waals surface area contributed by atoms with Crippen LogP contribution >= 0.6 is 0 Å². The summed E-state index contributed by atoms with van der Waals surface area (Å²) in [5, 5.41) is 0. The first kappa shape index (κ1) is 12.4. The smallest absolute Gasteiger partial charge is 0.416 e. The molecular weight excluding hydrogens is 225 g/mol. The van der Waals surface area contributed by atoms with Crippen LogP contribution in [0.1, 0.15) is 12.5 Å². The van der Waals surface area contributed by atoms with E-state index in [0.29, 0.717) is 0 Å². The van der Waals surface area contributed by atoms with Crippen molar-refractivity contribution in [2.24, 2.45) is 0 Å². The van der Waals surface area contributed by atoms with Crippen LogP contribution in [-0.4, -0.2) is 13.1 Å². The molecule has 0 N–H and O–H groups in total. The second-order valence-corrected chi connectivity index (χ2v) is 2.99. The lowest BCUT2D eigenvalue weighted by atomic mass is 10.2. The van der Waals surface area contributed by atoms with Gasteiger partial charge in [-0.25, -0.2) is 0 Å². The number of hydrogen-bond acceptors (Lipinski definition) is 3. The van der Waals surface area contributed by atoms with Crippen molar-refractivity contribution < 1.29 is 27.4 Å². The van der Waals surface area contributed by atoms with Crippen molar-refractivity contribution in [3.8, 4) is 11.5 Å². The largest absolute Gasteiger partial charge is 0.497 e. The quantitative estimate of drug-likeness (QED) is 0.583. The average Bonchev–Trinajstić information content (AvgIpc) is 2.14. The van der Waals surface area contributed by atoms with Gasteiger partial charge in [-0.05, 0) is 12.1 Å². The molecule has 1 aromatic rings. The molecule has 1 aromatic carbocycles. The van der Waals surface area contributed by atoms with Gasteiger partial charge < -0.3 is 9.47 Å². The predicted molar refractivity (Wildman–Crippen MR) is 49.3 cm³/mol. The molecule has 0 saturated heterocycles. The first-order chi connectivity index (χ1) is 7.32. The number of carbonyl (C=O) groups is 1. The number of esters is 1. The zero-order valence-corrected chi connectivity index (χ0v) is 8.59. The van der Waals surface area contributed by atoms with E-state index in [-0.39, 0.29) is 11.5 Å². The SMILES string of the molecule is COc1cc(OC(C)=O)cc(C(F)(F)F)c1. The summed E-state index contributed by atoms with van der Waals surface area (Å²) in [5.74, 6) is -0.911. The van der Waals surface area contributed by atoms with Gasteiger partial charge in [0.1, 0.15) is 11.5 Å². The highest BCUT2D eigenvalue weighted by Crippen LogP contribution is 2.34. The predicted octanol–water partition coefficient (Wildman–Crippen LogP) is 2.64. The molecule has 0 bridgehead atoms. The van der Waals surface area contributed by atoms with Crippen LogP contribution in [-0.2, 0) is 11.0 Å². The molecule has 6 heteroatoms. The average molecular weight is 234 g/mol. The summed E-state index contributed by atoms with van der Waals surface area (Å²) >= 11 is 0. The fourth-order valence-electron chi connectivity index (χ4n) is 1.08. The third kappa shape index (κ3) is 3.15. The van der Waals surface area contributed by atoms with E-state index in [1.165, 1.54) is 13.2 Å². The zero-order chi connectivity index (χ0) is 12.3. The van der Waals surface area contributed by atoms with Gasteiger partial charge in [-0.3, -0.25) is 4.79 Å². The molecule has 3 nitrogen and oxygen atoms in total. The second kappa shape index (κ2) is 4.42. The highest BCUT2D eigenvalue weighted by atomic mass is 19.4. The third-order valence-electron chi connectivity index (χ3n) is 1.70. The maximum Gasteiger partial charge on any atom is 0.416 e. The summed E-state index contributed by atoms with van der Waals surface area (Å²) in [4.78, 5) is 10.6. The van der Waals surface area contributed by atoms with E-state index in [4.69, 9.17) is 0 Å². The Morgan fingerprint density at radius 3 is 2.19 bits per heavy atom. The molecule has 0 spiro atoms. The summed E-state index contributed by atoms with van der Waals surface area (Å²) in [5.41, 5.74) is -0.928. The van der Waals surface area contributed by atoms with Gasteiger partial charge in [0.2, 0.25) is 0 Å². The van der Waals surface area contributed by atoms with Gasteiger partial charge in [0.25, 0.3) is 0 Å². The number of halogens is 3. The Kier molecular flexibility index (Phi) is 3.41. The van der Waals surface area contributed by atoms with Crippen LogP contribution in [0.2, 0.25) is 0 Å². The van der Waals surface area contributed by atoms with Crippen LogP contribution in [0.25, 0.3) is 0 Å². The summed E-state index contributed by atoms with van der Waals surface area (Å²) in [6.45, 7) is 1.10. The van der Waals surface area contributed by atoms with Crippen LogP contribution in [0.5, 0.6) is 11.5 Å². The van der Waals surface area contributed by atoms with Crippen molar-refractivity contribution >= 4 is 5.97 Å². The van der Waals surface area contributed by atoms with E-state index in [1.807, 2.05) is 0 Å². The molecule has 16 heavy (non-hydrogen) atoms. The second-order valence-electron chi connectivity index (χ2n) is 2.99. The van der Waals surface area contributed by atoms with Crippen molar-refractivity contribution in [2.45, 2.75) is 13.1 Å². The minimum absolute atomic E-state index is 0.0222. The molecule has 0 heterocycles. The van der Waals surface area contributed by atoms with Crippen LogP contribution in [0.15, 0.2) is 18.2 Å². The maximum absolute atomic E-state index is 12.4.